The van der Waals surface area contributed by atoms with Crippen LogP contribution in [0.5, 0.6) is 0 Å². The number of hydrogen-bond donors (Lipinski definition) is 0. The van der Waals surface area contributed by atoms with Crippen LogP contribution in [-0.2, 0) is 13.5 Å². The monoisotopic (exact) mass is 642 g/mol. The van der Waals surface area contributed by atoms with Crippen molar-refractivity contribution in [3.63, 3.8) is 0 Å². The first-order chi connectivity index (χ1) is 18.2. The molecule has 0 fully saturated rings. The predicted octanol–water partition coefficient (Wildman–Crippen LogP) is 8.47. The van der Waals surface area contributed by atoms with Crippen LogP contribution in [0.1, 0.15) is 11.1 Å². The fraction of sp³-hybridized carbons (Fsp3) is 0. The topological polar surface area (TPSA) is 0 Å². The molecule has 5 aromatic carbocycles. The quantitative estimate of drug-likeness (QED) is 0.0991. The molecule has 0 spiro atoms. The van der Waals surface area contributed by atoms with E-state index in [2.05, 4.69) is 115 Å². The van der Waals surface area contributed by atoms with Gasteiger partial charge >= 0.3 is 121 Å². The molecule has 4 heteroatoms. The molecule has 0 amide bonds. The zero-order valence-electron chi connectivity index (χ0n) is 21.2. The summed E-state index contributed by atoms with van der Waals surface area (Å²) in [5.74, 6) is 0. The Morgan fingerprint density at radius 1 is 0.474 bits per heavy atom. The Hall–Kier alpha value is -2.66. The van der Waals surface area contributed by atoms with Gasteiger partial charge in [-0.1, -0.05) is 54.6 Å². The van der Waals surface area contributed by atoms with Crippen LogP contribution < -0.4 is 15.9 Å². The van der Waals surface area contributed by atoms with Gasteiger partial charge in [-0.3, -0.25) is 0 Å². The minimum atomic E-state index is -1.77. The van der Waals surface area contributed by atoms with Crippen LogP contribution in [0.3, 0.4) is 0 Å². The summed E-state index contributed by atoms with van der Waals surface area (Å²) in [7, 11) is 10.9. The van der Waals surface area contributed by atoms with E-state index >= 15 is 0 Å². The van der Waals surface area contributed by atoms with E-state index < -0.39 is 21.4 Å². The molecule has 0 aliphatic carbocycles. The SMILES string of the molecule is [CH3-].[Cl][Ru]([Cl])=[CH]C=C(c1ccccc1)c1ccccc1.c1ccc([PH+](c2ccccc2)c2ccccc2)cc1. The second-order valence-electron chi connectivity index (χ2n) is 8.11. The van der Waals surface area contributed by atoms with Crippen LogP contribution in [0.25, 0.3) is 5.57 Å². The van der Waals surface area contributed by atoms with E-state index in [1.807, 2.05) is 47.1 Å². The molecule has 0 unspecified atom stereocenters. The molecule has 5 aromatic rings. The van der Waals surface area contributed by atoms with Crippen LogP contribution in [0.4, 0.5) is 0 Å². The van der Waals surface area contributed by atoms with Crippen molar-refractivity contribution in [2.45, 2.75) is 0 Å². The average molecular weight is 643 g/mol. The van der Waals surface area contributed by atoms with Gasteiger partial charge in [-0.25, -0.2) is 0 Å². The minimum Gasteiger partial charge on any atom is -0.0620 e. The third-order valence-electron chi connectivity index (χ3n) is 5.67. The molecule has 0 aromatic heterocycles. The maximum atomic E-state index is 5.91. The van der Waals surface area contributed by atoms with Gasteiger partial charge in [-0.05, 0) is 36.4 Å². The maximum Gasteiger partial charge on any atom is 0.102 e. The third kappa shape index (κ3) is 8.97. The molecule has 0 N–H and O–H groups in total. The van der Waals surface area contributed by atoms with Crippen LogP contribution in [0.15, 0.2) is 158 Å². The first-order valence-electron chi connectivity index (χ1n) is 11.9. The Balaban J connectivity index is 0.000000206. The van der Waals surface area contributed by atoms with Crippen molar-refractivity contribution in [2.24, 2.45) is 0 Å². The fourth-order valence-electron chi connectivity index (χ4n) is 4.01. The van der Waals surface area contributed by atoms with E-state index in [-0.39, 0.29) is 7.43 Å². The molecule has 0 radical (unpaired) electrons. The van der Waals surface area contributed by atoms with Gasteiger partial charge in [-0.2, -0.15) is 0 Å². The summed E-state index contributed by atoms with van der Waals surface area (Å²) in [6.45, 7) is 0. The normalized spacial score (nSPS) is 10.3. The fourth-order valence-corrected chi connectivity index (χ4v) is 7.63. The van der Waals surface area contributed by atoms with Crippen molar-refractivity contribution in [2.75, 3.05) is 0 Å². The smallest absolute Gasteiger partial charge is 0.0620 e. The Labute approximate surface area is 241 Å². The summed E-state index contributed by atoms with van der Waals surface area (Å²) in [6, 6.07) is 53.0. The van der Waals surface area contributed by atoms with Gasteiger partial charge in [0.25, 0.3) is 0 Å². The predicted molar refractivity (Wildman–Crippen MR) is 171 cm³/mol. The van der Waals surface area contributed by atoms with E-state index in [0.29, 0.717) is 0 Å². The number of hydrogen-bond acceptors (Lipinski definition) is 0. The van der Waals surface area contributed by atoms with Crippen LogP contribution in [0, 0.1) is 7.43 Å². The standard InChI is InChI=1S/C18H15P.C15H12.CH3.2ClH.Ru/c1-4-10-16(11-5-1)19(17-12-6-2-7-13-17)18-14-8-3-9-15-18;1-2-15(13-9-5-3-6-10-13)14-11-7-4-8-12-14;;;;/h1-15H;1-12H;1H3;2*1H;/q;;-1;;;+2/p-1. The Bertz CT molecular complexity index is 1270. The number of allylic oxidation sites excluding steroid dienone is 1. The van der Waals surface area contributed by atoms with E-state index in [1.54, 1.807) is 0 Å². The van der Waals surface area contributed by atoms with Crippen LogP contribution in [0.2, 0.25) is 0 Å². The number of rotatable bonds is 6. The molecule has 0 nitrogen and oxygen atoms in total. The zero-order valence-corrected chi connectivity index (χ0v) is 25.4. The van der Waals surface area contributed by atoms with E-state index in [4.69, 9.17) is 19.4 Å². The summed E-state index contributed by atoms with van der Waals surface area (Å²) in [6.07, 6.45) is 2.03. The first-order valence-corrected chi connectivity index (χ1v) is 18.9. The van der Waals surface area contributed by atoms with Crippen LogP contribution >= 0.6 is 27.3 Å². The molecule has 0 heterocycles. The van der Waals surface area contributed by atoms with Gasteiger partial charge in [0.1, 0.15) is 15.9 Å². The van der Waals surface area contributed by atoms with Gasteiger partial charge in [0.05, 0.1) is 7.92 Å². The summed E-state index contributed by atoms with van der Waals surface area (Å²) in [4.78, 5) is 0. The molecule has 0 aliphatic heterocycles. The van der Waals surface area contributed by atoms with Crippen molar-refractivity contribution >= 4 is 53.4 Å². The van der Waals surface area contributed by atoms with Crippen molar-refractivity contribution in [3.05, 3.63) is 176 Å². The molecule has 0 saturated carbocycles. The Morgan fingerprint density at radius 3 is 1.05 bits per heavy atom. The zero-order chi connectivity index (χ0) is 25.7. The second-order valence-corrected chi connectivity index (χ2v) is 16.4. The summed E-state index contributed by atoms with van der Waals surface area (Å²) in [5, 5.41) is 4.31. The molecule has 194 valence electrons. The van der Waals surface area contributed by atoms with Crippen molar-refractivity contribution < 1.29 is 13.5 Å². The van der Waals surface area contributed by atoms with Gasteiger partial charge < -0.3 is 7.43 Å². The Morgan fingerprint density at radius 2 is 0.763 bits per heavy atom. The van der Waals surface area contributed by atoms with Crippen molar-refractivity contribution in [1.29, 1.82) is 0 Å². The van der Waals surface area contributed by atoms with E-state index in [9.17, 15) is 0 Å². The molecule has 0 aliphatic rings. The minimum absolute atomic E-state index is 0. The maximum absolute atomic E-state index is 5.91. The number of benzene rings is 5. The summed E-state index contributed by atoms with van der Waals surface area (Å²) < 4.78 is 1.92. The number of halogens is 2. The third-order valence-corrected chi connectivity index (χ3v) is 10.2. The van der Waals surface area contributed by atoms with Crippen molar-refractivity contribution in [3.8, 4) is 0 Å². The van der Waals surface area contributed by atoms with Gasteiger partial charge in [-0.15, -0.1) is 0 Å². The molecular formula is C34H31Cl2PRu. The van der Waals surface area contributed by atoms with Crippen molar-refractivity contribution in [1.82, 2.24) is 0 Å². The van der Waals surface area contributed by atoms with Gasteiger partial charge in [0.15, 0.2) is 0 Å². The average Bonchev–Trinajstić information content (AvgIpc) is 2.96. The van der Waals surface area contributed by atoms with Crippen LogP contribution in [-0.4, -0.2) is 4.61 Å². The Kier molecular flexibility index (Phi) is 12.9. The largest absolute Gasteiger partial charge is 0.102 e. The summed E-state index contributed by atoms with van der Waals surface area (Å²) in [5.41, 5.74) is 3.49. The van der Waals surface area contributed by atoms with E-state index in [1.165, 1.54) is 27.0 Å². The summed E-state index contributed by atoms with van der Waals surface area (Å²) >= 11 is -1.77. The van der Waals surface area contributed by atoms with E-state index in [0.717, 1.165) is 5.57 Å². The van der Waals surface area contributed by atoms with Gasteiger partial charge in [0.2, 0.25) is 0 Å². The molecule has 0 bridgehead atoms. The molecular weight excluding hydrogens is 611 g/mol. The second kappa shape index (κ2) is 16.3. The molecule has 0 atom stereocenters. The first kappa shape index (κ1) is 29.9. The molecule has 0 saturated heterocycles. The molecule has 5 rings (SSSR count). The van der Waals surface area contributed by atoms with Gasteiger partial charge in [0, 0.05) is 0 Å². The molecule has 38 heavy (non-hydrogen) atoms.